The van der Waals surface area contributed by atoms with Crippen molar-refractivity contribution in [3.8, 4) is 0 Å². The van der Waals surface area contributed by atoms with Crippen LogP contribution in [0, 0.1) is 13.8 Å². The summed E-state index contributed by atoms with van der Waals surface area (Å²) in [6, 6.07) is 5.40. The number of morpholine rings is 1. The molecule has 1 aliphatic heterocycles. The van der Waals surface area contributed by atoms with Crippen LogP contribution in [0.5, 0.6) is 0 Å². The molecule has 0 saturated carbocycles. The van der Waals surface area contributed by atoms with Gasteiger partial charge in [0.15, 0.2) is 0 Å². The van der Waals surface area contributed by atoms with Crippen LogP contribution in [-0.4, -0.2) is 43.7 Å². The van der Waals surface area contributed by atoms with Crippen molar-refractivity contribution in [2.45, 2.75) is 39.5 Å². The zero-order valence-electron chi connectivity index (χ0n) is 15.0. The second-order valence-electron chi connectivity index (χ2n) is 6.76. The SMILES string of the molecule is Cc1nnc([C@H]2CN(Cc3cc(=O)n4cccc(C)c4n3)C[C@@H](C)O2)o1. The number of nitrogens with zero attached hydrogens (tertiary/aromatic N) is 5. The fourth-order valence-corrected chi connectivity index (χ4v) is 3.37. The lowest BCUT2D eigenvalue weighted by Gasteiger charge is -2.35. The van der Waals surface area contributed by atoms with Gasteiger partial charge in [0.25, 0.3) is 5.56 Å². The van der Waals surface area contributed by atoms with Crippen molar-refractivity contribution < 1.29 is 9.15 Å². The summed E-state index contributed by atoms with van der Waals surface area (Å²) >= 11 is 0. The minimum atomic E-state index is -0.275. The minimum absolute atomic E-state index is 0.0178. The predicted molar refractivity (Wildman–Crippen MR) is 93.8 cm³/mol. The first-order valence-electron chi connectivity index (χ1n) is 8.65. The molecule has 3 aromatic rings. The van der Waals surface area contributed by atoms with Gasteiger partial charge in [0.2, 0.25) is 11.8 Å². The molecule has 0 aromatic carbocycles. The molecule has 0 unspecified atom stereocenters. The Hall–Kier alpha value is -2.58. The Morgan fingerprint density at radius 2 is 2.12 bits per heavy atom. The molecule has 0 aliphatic carbocycles. The zero-order chi connectivity index (χ0) is 18.3. The summed E-state index contributed by atoms with van der Waals surface area (Å²) < 4.78 is 13.0. The van der Waals surface area contributed by atoms with E-state index in [0.29, 0.717) is 30.5 Å². The molecule has 2 atom stereocenters. The number of aromatic nitrogens is 4. The topological polar surface area (TPSA) is 85.8 Å². The maximum Gasteiger partial charge on any atom is 0.258 e. The molecule has 4 rings (SSSR count). The molecule has 3 aromatic heterocycles. The van der Waals surface area contributed by atoms with Crippen molar-refractivity contribution in [3.05, 3.63) is 57.8 Å². The molecule has 136 valence electrons. The lowest BCUT2D eigenvalue weighted by molar-refractivity contribution is -0.0920. The normalized spacial score (nSPS) is 21.3. The van der Waals surface area contributed by atoms with Crippen molar-refractivity contribution >= 4 is 5.65 Å². The maximum absolute atomic E-state index is 12.4. The van der Waals surface area contributed by atoms with Crippen LogP contribution in [0.2, 0.25) is 0 Å². The Morgan fingerprint density at radius 1 is 1.27 bits per heavy atom. The second-order valence-corrected chi connectivity index (χ2v) is 6.76. The molecule has 0 radical (unpaired) electrons. The van der Waals surface area contributed by atoms with Gasteiger partial charge in [-0.1, -0.05) is 6.07 Å². The summed E-state index contributed by atoms with van der Waals surface area (Å²) in [6.07, 6.45) is 1.49. The number of aryl methyl sites for hydroxylation is 2. The smallest absolute Gasteiger partial charge is 0.258 e. The third-order valence-corrected chi connectivity index (χ3v) is 4.48. The fourth-order valence-electron chi connectivity index (χ4n) is 3.37. The number of ether oxygens (including phenoxy) is 1. The molecule has 0 amide bonds. The quantitative estimate of drug-likeness (QED) is 0.706. The lowest BCUT2D eigenvalue weighted by Crippen LogP contribution is -2.42. The summed E-state index contributed by atoms with van der Waals surface area (Å²) in [6.45, 7) is 7.65. The first-order chi connectivity index (χ1) is 12.5. The summed E-state index contributed by atoms with van der Waals surface area (Å²) in [5.74, 6) is 1.01. The van der Waals surface area contributed by atoms with E-state index in [1.807, 2.05) is 26.0 Å². The van der Waals surface area contributed by atoms with Crippen molar-refractivity contribution in [3.63, 3.8) is 0 Å². The second kappa shape index (κ2) is 6.62. The van der Waals surface area contributed by atoms with E-state index >= 15 is 0 Å². The molecular formula is C18H21N5O3. The van der Waals surface area contributed by atoms with E-state index in [1.54, 1.807) is 23.6 Å². The molecule has 8 heteroatoms. The van der Waals surface area contributed by atoms with Gasteiger partial charge in [-0.25, -0.2) is 4.98 Å². The molecular weight excluding hydrogens is 334 g/mol. The van der Waals surface area contributed by atoms with E-state index in [4.69, 9.17) is 9.15 Å². The summed E-state index contributed by atoms with van der Waals surface area (Å²) in [5, 5.41) is 7.95. The Balaban J connectivity index is 1.59. The van der Waals surface area contributed by atoms with Gasteiger partial charge >= 0.3 is 0 Å². The molecule has 1 fully saturated rings. The van der Waals surface area contributed by atoms with E-state index < -0.39 is 0 Å². The van der Waals surface area contributed by atoms with Crippen molar-refractivity contribution in [1.29, 1.82) is 0 Å². The van der Waals surface area contributed by atoms with Crippen molar-refractivity contribution in [1.82, 2.24) is 24.5 Å². The fraction of sp³-hybridized carbons (Fsp3) is 0.444. The molecule has 26 heavy (non-hydrogen) atoms. The average Bonchev–Trinajstić information content (AvgIpc) is 3.02. The van der Waals surface area contributed by atoms with Crippen LogP contribution in [0.15, 0.2) is 33.6 Å². The van der Waals surface area contributed by atoms with Crippen LogP contribution < -0.4 is 5.56 Å². The third kappa shape index (κ3) is 3.25. The molecule has 8 nitrogen and oxygen atoms in total. The highest BCUT2D eigenvalue weighted by molar-refractivity contribution is 5.46. The van der Waals surface area contributed by atoms with Gasteiger partial charge in [-0.15, -0.1) is 10.2 Å². The van der Waals surface area contributed by atoms with E-state index in [0.717, 1.165) is 17.8 Å². The summed E-state index contributed by atoms with van der Waals surface area (Å²) in [4.78, 5) is 19.3. The van der Waals surface area contributed by atoms with Gasteiger partial charge < -0.3 is 9.15 Å². The van der Waals surface area contributed by atoms with Crippen LogP contribution in [-0.2, 0) is 11.3 Å². The van der Waals surface area contributed by atoms with Gasteiger partial charge in [0, 0.05) is 38.8 Å². The monoisotopic (exact) mass is 355 g/mol. The van der Waals surface area contributed by atoms with Crippen molar-refractivity contribution in [2.24, 2.45) is 0 Å². The van der Waals surface area contributed by atoms with Crippen LogP contribution in [0.25, 0.3) is 5.65 Å². The van der Waals surface area contributed by atoms with Gasteiger partial charge in [-0.3, -0.25) is 14.1 Å². The first-order valence-corrected chi connectivity index (χ1v) is 8.65. The third-order valence-electron chi connectivity index (χ3n) is 4.48. The molecule has 0 spiro atoms. The van der Waals surface area contributed by atoms with Crippen molar-refractivity contribution in [2.75, 3.05) is 13.1 Å². The number of hydrogen-bond donors (Lipinski definition) is 0. The van der Waals surface area contributed by atoms with Crippen LogP contribution >= 0.6 is 0 Å². The largest absolute Gasteiger partial charge is 0.423 e. The molecule has 1 saturated heterocycles. The molecule has 0 bridgehead atoms. The predicted octanol–water partition coefficient (Wildman–Crippen LogP) is 1.66. The van der Waals surface area contributed by atoms with E-state index in [1.165, 1.54) is 0 Å². The van der Waals surface area contributed by atoms with Gasteiger partial charge in [-0.05, 0) is 25.5 Å². The minimum Gasteiger partial charge on any atom is -0.423 e. The van der Waals surface area contributed by atoms with Crippen LogP contribution in [0.1, 0.15) is 36.1 Å². The van der Waals surface area contributed by atoms with Gasteiger partial charge in [-0.2, -0.15) is 0 Å². The summed E-state index contributed by atoms with van der Waals surface area (Å²) in [5.41, 5.74) is 2.35. The highest BCUT2D eigenvalue weighted by Crippen LogP contribution is 2.25. The number of fused-ring (bicyclic) bond motifs is 1. The van der Waals surface area contributed by atoms with Gasteiger partial charge in [0.1, 0.15) is 11.8 Å². The molecule has 1 aliphatic rings. The Kier molecular flexibility index (Phi) is 4.29. The molecule has 0 N–H and O–H groups in total. The highest BCUT2D eigenvalue weighted by Gasteiger charge is 2.30. The van der Waals surface area contributed by atoms with Crippen LogP contribution in [0.3, 0.4) is 0 Å². The maximum atomic E-state index is 12.4. The number of hydrogen-bond acceptors (Lipinski definition) is 7. The van der Waals surface area contributed by atoms with E-state index in [9.17, 15) is 4.79 Å². The highest BCUT2D eigenvalue weighted by atomic mass is 16.5. The van der Waals surface area contributed by atoms with Crippen LogP contribution in [0.4, 0.5) is 0 Å². The van der Waals surface area contributed by atoms with E-state index in [-0.39, 0.29) is 17.8 Å². The summed E-state index contributed by atoms with van der Waals surface area (Å²) in [7, 11) is 0. The Morgan fingerprint density at radius 3 is 2.88 bits per heavy atom. The Bertz CT molecular complexity index is 996. The lowest BCUT2D eigenvalue weighted by atomic mass is 10.2. The standard InChI is InChI=1S/C18H21N5O3/c1-11-5-4-6-23-16(24)7-14(19-17(11)23)9-22-8-12(2)25-15(10-22)18-21-20-13(3)26-18/h4-7,12,15H,8-10H2,1-3H3/t12-,15-/m1/s1. The van der Waals surface area contributed by atoms with E-state index in [2.05, 4.69) is 20.1 Å². The number of pyridine rings is 1. The number of rotatable bonds is 3. The zero-order valence-corrected chi connectivity index (χ0v) is 15.0. The Labute approximate surface area is 150 Å². The first kappa shape index (κ1) is 16.9. The average molecular weight is 355 g/mol. The molecule has 4 heterocycles. The van der Waals surface area contributed by atoms with Gasteiger partial charge in [0.05, 0.1) is 11.8 Å².